The third kappa shape index (κ3) is 5.51. The van der Waals surface area contributed by atoms with Gasteiger partial charge in [-0.15, -0.1) is 10.2 Å². The summed E-state index contributed by atoms with van der Waals surface area (Å²) in [6.45, 7) is 2.27. The molecule has 0 aliphatic rings. The molecule has 140 valence electrons. The maximum Gasteiger partial charge on any atom is 0.233 e. The van der Waals surface area contributed by atoms with E-state index >= 15 is 0 Å². The van der Waals surface area contributed by atoms with E-state index in [9.17, 15) is 9.18 Å². The fraction of sp³-hybridized carbons (Fsp3) is 0.211. The number of nitrogens with zero attached hydrogens (tertiary/aromatic N) is 3. The molecule has 1 amide bonds. The largest absolute Gasteiger partial charge is 0.341 e. The van der Waals surface area contributed by atoms with Crippen LogP contribution >= 0.6 is 23.1 Å². The quantitative estimate of drug-likeness (QED) is 0.591. The highest BCUT2D eigenvalue weighted by Gasteiger charge is 2.14. The van der Waals surface area contributed by atoms with E-state index in [1.165, 1.54) is 39.6 Å². The molecule has 0 saturated heterocycles. The summed E-state index contributed by atoms with van der Waals surface area (Å²) in [5, 5.41) is 12.1. The van der Waals surface area contributed by atoms with Crippen LogP contribution in [0.3, 0.4) is 0 Å². The monoisotopic (exact) mass is 402 g/mol. The van der Waals surface area contributed by atoms with Crippen molar-refractivity contribution in [2.75, 3.05) is 18.1 Å². The van der Waals surface area contributed by atoms with E-state index in [1.54, 1.807) is 25.2 Å². The first-order chi connectivity index (χ1) is 13.0. The number of benzene rings is 2. The maximum atomic E-state index is 13.7. The number of halogens is 1. The van der Waals surface area contributed by atoms with Gasteiger partial charge in [0.25, 0.3) is 0 Å². The SMILES string of the molecule is Cc1ccc(Nc2nnc(SCC(=O)N(C)Cc3ccccc3F)s2)cc1. The van der Waals surface area contributed by atoms with Gasteiger partial charge in [0.2, 0.25) is 11.0 Å². The Kier molecular flexibility index (Phi) is 6.41. The summed E-state index contributed by atoms with van der Waals surface area (Å²) in [5.74, 6) is -0.170. The normalized spacial score (nSPS) is 10.6. The second-order valence-corrected chi connectivity index (χ2v) is 8.19. The van der Waals surface area contributed by atoms with Crippen molar-refractivity contribution in [3.63, 3.8) is 0 Å². The molecule has 3 aromatic rings. The van der Waals surface area contributed by atoms with E-state index in [-0.39, 0.29) is 24.0 Å². The van der Waals surface area contributed by atoms with Gasteiger partial charge in [-0.25, -0.2) is 4.39 Å². The lowest BCUT2D eigenvalue weighted by Crippen LogP contribution is -2.28. The fourth-order valence-electron chi connectivity index (χ4n) is 2.28. The van der Waals surface area contributed by atoms with Gasteiger partial charge in [0.05, 0.1) is 5.75 Å². The third-order valence-electron chi connectivity index (χ3n) is 3.82. The van der Waals surface area contributed by atoms with Crippen LogP contribution in [-0.2, 0) is 11.3 Å². The van der Waals surface area contributed by atoms with Crippen molar-refractivity contribution in [3.05, 3.63) is 65.5 Å². The van der Waals surface area contributed by atoms with Crippen molar-refractivity contribution >= 4 is 39.8 Å². The van der Waals surface area contributed by atoms with Crippen molar-refractivity contribution in [3.8, 4) is 0 Å². The van der Waals surface area contributed by atoms with Crippen LogP contribution < -0.4 is 5.32 Å². The van der Waals surface area contributed by atoms with Gasteiger partial charge in [0, 0.05) is 24.8 Å². The van der Waals surface area contributed by atoms with Gasteiger partial charge in [-0.2, -0.15) is 0 Å². The van der Waals surface area contributed by atoms with E-state index in [2.05, 4.69) is 15.5 Å². The van der Waals surface area contributed by atoms with Crippen molar-refractivity contribution in [1.82, 2.24) is 15.1 Å². The lowest BCUT2D eigenvalue weighted by Gasteiger charge is -2.17. The zero-order valence-electron chi connectivity index (χ0n) is 15.0. The van der Waals surface area contributed by atoms with Gasteiger partial charge < -0.3 is 10.2 Å². The number of rotatable bonds is 7. The second kappa shape index (κ2) is 8.96. The van der Waals surface area contributed by atoms with Gasteiger partial charge >= 0.3 is 0 Å². The van der Waals surface area contributed by atoms with E-state index in [0.29, 0.717) is 15.0 Å². The molecule has 8 heteroatoms. The van der Waals surface area contributed by atoms with Crippen molar-refractivity contribution < 1.29 is 9.18 Å². The average molecular weight is 403 g/mol. The van der Waals surface area contributed by atoms with Crippen LogP contribution in [0, 0.1) is 12.7 Å². The number of nitrogens with one attached hydrogen (secondary N) is 1. The number of aromatic nitrogens is 2. The highest BCUT2D eigenvalue weighted by Crippen LogP contribution is 2.28. The van der Waals surface area contributed by atoms with Gasteiger partial charge in [-0.1, -0.05) is 59.0 Å². The predicted octanol–water partition coefficient (Wildman–Crippen LogP) is 4.48. The molecule has 0 unspecified atom stereocenters. The van der Waals surface area contributed by atoms with Crippen LogP contribution in [0.4, 0.5) is 15.2 Å². The highest BCUT2D eigenvalue weighted by atomic mass is 32.2. The average Bonchev–Trinajstić information content (AvgIpc) is 3.11. The van der Waals surface area contributed by atoms with Gasteiger partial charge in [0.1, 0.15) is 5.82 Å². The lowest BCUT2D eigenvalue weighted by atomic mass is 10.2. The van der Waals surface area contributed by atoms with E-state index in [1.807, 2.05) is 31.2 Å². The molecule has 1 aromatic heterocycles. The highest BCUT2D eigenvalue weighted by molar-refractivity contribution is 8.01. The summed E-state index contributed by atoms with van der Waals surface area (Å²) in [7, 11) is 1.67. The number of hydrogen-bond acceptors (Lipinski definition) is 6. The number of anilines is 2. The zero-order valence-corrected chi connectivity index (χ0v) is 16.6. The topological polar surface area (TPSA) is 58.1 Å². The Morgan fingerprint density at radius 1 is 1.19 bits per heavy atom. The first-order valence-electron chi connectivity index (χ1n) is 8.28. The smallest absolute Gasteiger partial charge is 0.233 e. The third-order valence-corrected chi connectivity index (χ3v) is 5.78. The Morgan fingerprint density at radius 3 is 2.67 bits per heavy atom. The summed E-state index contributed by atoms with van der Waals surface area (Å²) in [4.78, 5) is 13.8. The molecule has 0 radical (unpaired) electrons. The van der Waals surface area contributed by atoms with Gasteiger partial charge in [0.15, 0.2) is 4.34 Å². The number of carbonyl (C=O) groups is 1. The molecular weight excluding hydrogens is 383 g/mol. The Balaban J connectivity index is 1.51. The summed E-state index contributed by atoms with van der Waals surface area (Å²) < 4.78 is 14.4. The molecule has 3 rings (SSSR count). The molecule has 0 bridgehead atoms. The van der Waals surface area contributed by atoms with Gasteiger partial charge in [-0.3, -0.25) is 4.79 Å². The summed E-state index contributed by atoms with van der Waals surface area (Å²) in [6, 6.07) is 14.5. The maximum absolute atomic E-state index is 13.7. The second-order valence-electron chi connectivity index (χ2n) is 5.99. The molecule has 1 heterocycles. The predicted molar refractivity (Wildman–Crippen MR) is 108 cm³/mol. The van der Waals surface area contributed by atoms with Crippen LogP contribution in [0.2, 0.25) is 0 Å². The Morgan fingerprint density at radius 2 is 1.93 bits per heavy atom. The van der Waals surface area contributed by atoms with Crippen LogP contribution in [-0.4, -0.2) is 33.8 Å². The van der Waals surface area contributed by atoms with E-state index < -0.39 is 0 Å². The first-order valence-corrected chi connectivity index (χ1v) is 10.1. The molecule has 0 saturated carbocycles. The van der Waals surface area contributed by atoms with Crippen molar-refractivity contribution in [2.24, 2.45) is 0 Å². The summed E-state index contributed by atoms with van der Waals surface area (Å²) in [6.07, 6.45) is 0. The van der Waals surface area contributed by atoms with Crippen LogP contribution in [0.5, 0.6) is 0 Å². The molecule has 0 aliphatic heterocycles. The van der Waals surface area contributed by atoms with E-state index in [0.717, 1.165) is 5.69 Å². The molecule has 5 nitrogen and oxygen atoms in total. The Hall–Kier alpha value is -2.45. The van der Waals surface area contributed by atoms with Crippen LogP contribution in [0.25, 0.3) is 0 Å². The summed E-state index contributed by atoms with van der Waals surface area (Å²) >= 11 is 2.72. The zero-order chi connectivity index (χ0) is 19.2. The summed E-state index contributed by atoms with van der Waals surface area (Å²) in [5.41, 5.74) is 2.62. The molecule has 0 spiro atoms. The fourth-order valence-corrected chi connectivity index (χ4v) is 4.00. The number of carbonyl (C=O) groups excluding carboxylic acids is 1. The first kappa shape index (κ1) is 19.3. The molecule has 1 N–H and O–H groups in total. The molecule has 2 aromatic carbocycles. The Labute approximate surface area is 165 Å². The number of amides is 1. The van der Waals surface area contributed by atoms with Crippen molar-refractivity contribution in [1.29, 1.82) is 0 Å². The molecule has 27 heavy (non-hydrogen) atoms. The standard InChI is InChI=1S/C19H19FN4OS2/c1-13-7-9-15(10-8-13)21-18-22-23-19(27-18)26-12-17(25)24(2)11-14-5-3-4-6-16(14)20/h3-10H,11-12H2,1-2H3,(H,21,22). The number of aryl methyl sites for hydroxylation is 1. The van der Waals surface area contributed by atoms with Gasteiger partial charge in [-0.05, 0) is 25.1 Å². The van der Waals surface area contributed by atoms with Crippen LogP contribution in [0.1, 0.15) is 11.1 Å². The van der Waals surface area contributed by atoms with E-state index in [4.69, 9.17) is 0 Å². The van der Waals surface area contributed by atoms with Crippen LogP contribution in [0.15, 0.2) is 52.9 Å². The molecule has 0 fully saturated rings. The minimum Gasteiger partial charge on any atom is -0.341 e. The molecule has 0 atom stereocenters. The number of thioether (sulfide) groups is 1. The Bertz CT molecular complexity index is 914. The van der Waals surface area contributed by atoms with Crippen molar-refractivity contribution in [2.45, 2.75) is 17.8 Å². The minimum atomic E-state index is -0.305. The minimum absolute atomic E-state index is 0.0912. The molecule has 0 aliphatic carbocycles. The lowest BCUT2D eigenvalue weighted by molar-refractivity contribution is -0.127. The molecular formula is C19H19FN4OS2. The number of hydrogen-bond donors (Lipinski definition) is 1.